The fraction of sp³-hybridized carbons (Fsp3) is 0.217. The number of nitrogens with zero attached hydrogens (tertiary/aromatic N) is 2. The standard InChI is InChI=1S/2C7H5NO.C7H10S.C2H6/c2*8-6-9-7-4-2-1-3-5-7;1-6(2)7-4-3-5-8-7;1-2/h2*1-5H;3-6H,1-2H3;1-2H3. The summed E-state index contributed by atoms with van der Waals surface area (Å²) in [4.78, 5) is 1.48. The van der Waals surface area contributed by atoms with E-state index >= 15 is 0 Å². The first-order valence-electron chi connectivity index (χ1n) is 8.92. The van der Waals surface area contributed by atoms with E-state index in [0.29, 0.717) is 17.4 Å². The molecule has 0 aliphatic rings. The van der Waals surface area contributed by atoms with Crippen molar-refractivity contribution in [1.29, 1.82) is 10.5 Å². The zero-order valence-corrected chi connectivity index (χ0v) is 17.5. The topological polar surface area (TPSA) is 66.0 Å². The molecule has 0 spiro atoms. The van der Waals surface area contributed by atoms with Crippen LogP contribution in [0.3, 0.4) is 0 Å². The van der Waals surface area contributed by atoms with Gasteiger partial charge in [-0.1, -0.05) is 70.2 Å². The molecule has 0 saturated heterocycles. The average Bonchev–Trinajstić information content (AvgIpc) is 3.28. The highest BCUT2D eigenvalue weighted by atomic mass is 32.1. The van der Waals surface area contributed by atoms with Gasteiger partial charge in [-0.25, -0.2) is 0 Å². The molecule has 0 aliphatic heterocycles. The van der Waals surface area contributed by atoms with Crippen molar-refractivity contribution in [2.24, 2.45) is 0 Å². The first kappa shape index (κ1) is 24.7. The van der Waals surface area contributed by atoms with E-state index in [0.717, 1.165) is 0 Å². The van der Waals surface area contributed by atoms with Crippen LogP contribution < -0.4 is 9.47 Å². The van der Waals surface area contributed by atoms with Crippen LogP contribution >= 0.6 is 11.3 Å². The average molecular weight is 395 g/mol. The lowest BCUT2D eigenvalue weighted by Gasteiger charge is -1.95. The van der Waals surface area contributed by atoms with E-state index in [1.807, 2.05) is 61.6 Å². The summed E-state index contributed by atoms with van der Waals surface area (Å²) in [6, 6.07) is 22.2. The third-order valence-corrected chi connectivity index (χ3v) is 4.10. The second-order valence-corrected chi connectivity index (χ2v) is 6.16. The summed E-state index contributed by atoms with van der Waals surface area (Å²) in [6.45, 7) is 8.43. The maximum atomic E-state index is 8.05. The summed E-state index contributed by atoms with van der Waals surface area (Å²) < 4.78 is 9.02. The first-order valence-corrected chi connectivity index (χ1v) is 9.80. The third kappa shape index (κ3) is 12.1. The van der Waals surface area contributed by atoms with Crippen molar-refractivity contribution in [3.05, 3.63) is 83.1 Å². The molecule has 0 atom stereocenters. The Morgan fingerprint density at radius 2 is 1.14 bits per heavy atom. The zero-order chi connectivity index (χ0) is 21.0. The summed E-state index contributed by atoms with van der Waals surface area (Å²) in [6.07, 6.45) is 3.17. The third-order valence-electron chi connectivity index (χ3n) is 2.93. The lowest BCUT2D eigenvalue weighted by Crippen LogP contribution is -1.78. The molecule has 0 radical (unpaired) electrons. The van der Waals surface area contributed by atoms with Crippen molar-refractivity contribution in [2.45, 2.75) is 33.6 Å². The van der Waals surface area contributed by atoms with Gasteiger partial charge in [-0.3, -0.25) is 0 Å². The zero-order valence-electron chi connectivity index (χ0n) is 16.7. The maximum absolute atomic E-state index is 8.05. The molecule has 4 nitrogen and oxygen atoms in total. The monoisotopic (exact) mass is 394 g/mol. The normalized spacial score (nSPS) is 8.25. The van der Waals surface area contributed by atoms with Gasteiger partial charge in [-0.2, -0.15) is 0 Å². The number of hydrogen-bond acceptors (Lipinski definition) is 5. The molecule has 0 aliphatic carbocycles. The minimum atomic E-state index is 0.583. The van der Waals surface area contributed by atoms with E-state index in [1.54, 1.807) is 36.8 Å². The molecule has 0 saturated carbocycles. The molecule has 1 aromatic heterocycles. The Hall–Kier alpha value is -3.28. The van der Waals surface area contributed by atoms with Crippen LogP contribution in [0, 0.1) is 23.0 Å². The number of ether oxygens (including phenoxy) is 2. The van der Waals surface area contributed by atoms with Crippen LogP contribution in [-0.2, 0) is 0 Å². The molecular weight excluding hydrogens is 368 g/mol. The largest absolute Gasteiger partial charge is 0.388 e. The van der Waals surface area contributed by atoms with Crippen LogP contribution in [0.2, 0.25) is 0 Å². The van der Waals surface area contributed by atoms with Crippen molar-refractivity contribution in [3.8, 4) is 24.0 Å². The van der Waals surface area contributed by atoms with Crippen LogP contribution in [0.4, 0.5) is 0 Å². The Labute approximate surface area is 172 Å². The molecule has 0 amide bonds. The van der Waals surface area contributed by atoms with E-state index in [-0.39, 0.29) is 0 Å². The van der Waals surface area contributed by atoms with E-state index in [2.05, 4.69) is 40.8 Å². The fourth-order valence-corrected chi connectivity index (χ4v) is 2.45. The second kappa shape index (κ2) is 17.1. The highest BCUT2D eigenvalue weighted by Crippen LogP contribution is 2.18. The molecule has 0 N–H and O–H groups in total. The molecule has 0 fully saturated rings. The van der Waals surface area contributed by atoms with Gasteiger partial charge in [0.1, 0.15) is 11.5 Å². The van der Waals surface area contributed by atoms with Crippen molar-refractivity contribution >= 4 is 11.3 Å². The van der Waals surface area contributed by atoms with Gasteiger partial charge >= 0.3 is 0 Å². The molecule has 28 heavy (non-hydrogen) atoms. The SMILES string of the molecule is CC.CC(C)c1cccs1.N#COc1ccccc1.N#COc1ccccc1. The number of hydrogen-bond donors (Lipinski definition) is 0. The van der Waals surface area contributed by atoms with Crippen molar-refractivity contribution in [2.75, 3.05) is 0 Å². The van der Waals surface area contributed by atoms with Gasteiger partial charge in [0.15, 0.2) is 0 Å². The van der Waals surface area contributed by atoms with E-state index in [9.17, 15) is 0 Å². The quantitative estimate of drug-likeness (QED) is 0.449. The van der Waals surface area contributed by atoms with Crippen molar-refractivity contribution in [1.82, 2.24) is 0 Å². The Morgan fingerprint density at radius 3 is 1.39 bits per heavy atom. The van der Waals surface area contributed by atoms with Gasteiger partial charge in [-0.05, 0) is 41.6 Å². The van der Waals surface area contributed by atoms with Crippen LogP contribution in [0.1, 0.15) is 38.5 Å². The van der Waals surface area contributed by atoms with Crippen LogP contribution in [-0.4, -0.2) is 0 Å². The Bertz CT molecular complexity index is 739. The first-order chi connectivity index (χ1) is 13.7. The number of para-hydroxylation sites is 2. The Morgan fingerprint density at radius 1 is 0.714 bits per heavy atom. The van der Waals surface area contributed by atoms with Gasteiger partial charge in [0.05, 0.1) is 0 Å². The predicted octanol–water partition coefficient (Wildman–Crippen LogP) is 6.99. The highest BCUT2D eigenvalue weighted by molar-refractivity contribution is 7.10. The van der Waals surface area contributed by atoms with E-state index in [4.69, 9.17) is 10.5 Å². The van der Waals surface area contributed by atoms with Gasteiger partial charge in [0.2, 0.25) is 0 Å². The molecule has 1 heterocycles. The minimum absolute atomic E-state index is 0.583. The van der Waals surface area contributed by atoms with Gasteiger partial charge in [0, 0.05) is 4.88 Å². The van der Waals surface area contributed by atoms with Crippen LogP contribution in [0.15, 0.2) is 78.2 Å². The summed E-state index contributed by atoms with van der Waals surface area (Å²) in [5.41, 5.74) is 0. The van der Waals surface area contributed by atoms with Crippen molar-refractivity contribution in [3.63, 3.8) is 0 Å². The molecule has 0 bridgehead atoms. The molecular formula is C23H26N2O2S. The Kier molecular flexibility index (Phi) is 15.1. The number of nitriles is 2. The predicted molar refractivity (Wildman–Crippen MR) is 115 cm³/mol. The van der Waals surface area contributed by atoms with Crippen LogP contribution in [0.5, 0.6) is 11.5 Å². The van der Waals surface area contributed by atoms with Crippen molar-refractivity contribution < 1.29 is 9.47 Å². The lowest BCUT2D eigenvalue weighted by atomic mass is 10.2. The minimum Gasteiger partial charge on any atom is -0.388 e. The maximum Gasteiger partial charge on any atom is 0.292 e. The summed E-state index contributed by atoms with van der Waals surface area (Å²) in [7, 11) is 0. The molecule has 2 aromatic carbocycles. The number of benzene rings is 2. The smallest absolute Gasteiger partial charge is 0.292 e. The molecule has 146 valence electrons. The summed E-state index contributed by atoms with van der Waals surface area (Å²) in [5, 5.41) is 18.2. The molecule has 0 unspecified atom stereocenters. The molecule has 5 heteroatoms. The van der Waals surface area contributed by atoms with Gasteiger partial charge in [0.25, 0.3) is 12.5 Å². The van der Waals surface area contributed by atoms with Gasteiger partial charge in [-0.15, -0.1) is 21.9 Å². The molecule has 3 aromatic rings. The van der Waals surface area contributed by atoms with Gasteiger partial charge < -0.3 is 9.47 Å². The van der Waals surface area contributed by atoms with Crippen LogP contribution in [0.25, 0.3) is 0 Å². The fourth-order valence-electron chi connectivity index (χ4n) is 1.70. The summed E-state index contributed by atoms with van der Waals surface area (Å²) >= 11 is 1.83. The molecule has 3 rings (SSSR count). The lowest BCUT2D eigenvalue weighted by molar-refractivity contribution is 0.507. The number of rotatable bonds is 3. The Balaban J connectivity index is 0.000000374. The number of thiophene rings is 1. The van der Waals surface area contributed by atoms with E-state index < -0.39 is 0 Å². The second-order valence-electron chi connectivity index (χ2n) is 5.18. The van der Waals surface area contributed by atoms with E-state index in [1.165, 1.54) is 4.88 Å². The highest BCUT2D eigenvalue weighted by Gasteiger charge is 1.95. The summed E-state index contributed by atoms with van der Waals surface area (Å²) in [5.74, 6) is 1.87.